The van der Waals surface area contributed by atoms with E-state index < -0.39 is 5.63 Å². The summed E-state index contributed by atoms with van der Waals surface area (Å²) >= 11 is 0. The molecule has 0 bridgehead atoms. The van der Waals surface area contributed by atoms with E-state index in [-0.39, 0.29) is 11.6 Å². The minimum absolute atomic E-state index is 0.252. The molecule has 1 aromatic heterocycles. The summed E-state index contributed by atoms with van der Waals surface area (Å²) in [4.78, 5) is 16.1. The van der Waals surface area contributed by atoms with Gasteiger partial charge in [-0.25, -0.2) is 9.78 Å². The number of rotatable bonds is 2. The lowest BCUT2D eigenvalue weighted by atomic mass is 10.1. The van der Waals surface area contributed by atoms with Crippen molar-refractivity contribution < 1.29 is 9.52 Å². The highest BCUT2D eigenvalue weighted by atomic mass is 16.4. The maximum atomic E-state index is 11.8. The van der Waals surface area contributed by atoms with Crippen molar-refractivity contribution in [1.82, 2.24) is 4.98 Å². The number of hydrogen-bond acceptors (Lipinski definition) is 4. The van der Waals surface area contributed by atoms with Crippen LogP contribution in [0.5, 0.6) is 5.75 Å². The Hall–Kier alpha value is -2.88. The first-order valence-corrected chi connectivity index (χ1v) is 6.51. The monoisotopic (exact) mass is 279 g/mol. The van der Waals surface area contributed by atoms with Crippen LogP contribution in [0.15, 0.2) is 51.7 Å². The lowest BCUT2D eigenvalue weighted by molar-refractivity contribution is 0.471. The van der Waals surface area contributed by atoms with Crippen LogP contribution >= 0.6 is 0 Å². The molecule has 0 saturated heterocycles. The fourth-order valence-electron chi connectivity index (χ4n) is 2.06. The van der Waals surface area contributed by atoms with Gasteiger partial charge in [0.25, 0.3) is 0 Å². The summed E-state index contributed by atoms with van der Waals surface area (Å²) in [5.41, 5.74) is 1.88. The molecule has 1 N–H and O–H groups in total. The number of aryl methyl sites for hydroxylation is 1. The molecule has 0 amide bonds. The van der Waals surface area contributed by atoms with Gasteiger partial charge in [0, 0.05) is 6.08 Å². The second kappa shape index (κ2) is 5.25. The van der Waals surface area contributed by atoms with Crippen LogP contribution in [0.2, 0.25) is 0 Å². The molecule has 0 spiro atoms. The number of fused-ring (bicyclic) bond motifs is 1. The van der Waals surface area contributed by atoms with Crippen LogP contribution in [0.4, 0.5) is 0 Å². The van der Waals surface area contributed by atoms with Crippen molar-refractivity contribution in [2.45, 2.75) is 6.92 Å². The Morgan fingerprint density at radius 2 is 1.95 bits per heavy atom. The Balaban J connectivity index is 1.99. The Kier molecular flexibility index (Phi) is 3.28. The molecule has 0 aliphatic carbocycles. The topological polar surface area (TPSA) is 63.3 Å². The van der Waals surface area contributed by atoms with Gasteiger partial charge in [0.1, 0.15) is 5.75 Å². The van der Waals surface area contributed by atoms with Gasteiger partial charge in [-0.3, -0.25) is 0 Å². The largest absolute Gasteiger partial charge is 0.508 e. The van der Waals surface area contributed by atoms with Crippen LogP contribution < -0.4 is 5.63 Å². The van der Waals surface area contributed by atoms with Crippen LogP contribution in [0.1, 0.15) is 17.0 Å². The lowest BCUT2D eigenvalue weighted by Gasteiger charge is -2.00. The van der Waals surface area contributed by atoms with Crippen LogP contribution in [-0.2, 0) is 0 Å². The average molecular weight is 279 g/mol. The maximum Gasteiger partial charge on any atom is 0.347 e. The van der Waals surface area contributed by atoms with E-state index >= 15 is 0 Å². The summed E-state index contributed by atoms with van der Waals surface area (Å²) in [6.45, 7) is 1.82. The Bertz CT molecular complexity index is 894. The molecule has 0 unspecified atom stereocenters. The highest BCUT2D eigenvalue weighted by Gasteiger charge is 2.03. The summed E-state index contributed by atoms with van der Waals surface area (Å²) in [5, 5.41) is 9.96. The molecule has 1 heterocycles. The summed E-state index contributed by atoms with van der Waals surface area (Å²) in [7, 11) is 0. The SMILES string of the molecule is Cc1cc(/C=C/c2nc3ccccc3c(=O)o2)ccc1O. The first kappa shape index (κ1) is 13.1. The van der Waals surface area contributed by atoms with Crippen LogP contribution in [-0.4, -0.2) is 10.1 Å². The van der Waals surface area contributed by atoms with Gasteiger partial charge in [0.05, 0.1) is 10.9 Å². The Morgan fingerprint density at radius 3 is 2.76 bits per heavy atom. The fraction of sp³-hybridized carbons (Fsp3) is 0.0588. The van der Waals surface area contributed by atoms with E-state index in [1.165, 1.54) is 0 Å². The molecule has 0 aliphatic rings. The molecule has 0 radical (unpaired) electrons. The molecule has 4 heteroatoms. The Labute approximate surface area is 121 Å². The van der Waals surface area contributed by atoms with E-state index in [2.05, 4.69) is 4.98 Å². The number of para-hydroxylation sites is 1. The van der Waals surface area contributed by atoms with Crippen molar-refractivity contribution in [2.24, 2.45) is 0 Å². The van der Waals surface area contributed by atoms with E-state index in [0.29, 0.717) is 10.9 Å². The molecule has 0 aliphatic heterocycles. The molecule has 3 rings (SSSR count). The summed E-state index contributed by atoms with van der Waals surface area (Å²) in [6, 6.07) is 12.3. The van der Waals surface area contributed by atoms with E-state index in [1.54, 1.807) is 42.5 Å². The van der Waals surface area contributed by atoms with E-state index in [4.69, 9.17) is 4.42 Å². The highest BCUT2D eigenvalue weighted by Crippen LogP contribution is 2.18. The number of phenols is 1. The Morgan fingerprint density at radius 1 is 1.14 bits per heavy atom. The summed E-state index contributed by atoms with van der Waals surface area (Å²) in [6.07, 6.45) is 3.42. The standard InChI is InChI=1S/C17H13NO3/c1-11-10-12(6-8-15(11)19)7-9-16-18-14-5-3-2-4-13(14)17(20)21-16/h2-10,19H,1H3/b9-7+. The number of aromatic hydroxyl groups is 1. The van der Waals surface area contributed by atoms with Crippen molar-refractivity contribution in [3.8, 4) is 5.75 Å². The van der Waals surface area contributed by atoms with Gasteiger partial charge in [-0.05, 0) is 48.4 Å². The summed E-state index contributed by atoms with van der Waals surface area (Å²) in [5.74, 6) is 0.506. The van der Waals surface area contributed by atoms with Crippen molar-refractivity contribution in [3.05, 3.63) is 69.9 Å². The molecule has 0 atom stereocenters. The molecule has 4 nitrogen and oxygen atoms in total. The van der Waals surface area contributed by atoms with Gasteiger partial charge in [-0.1, -0.05) is 18.2 Å². The smallest absolute Gasteiger partial charge is 0.347 e. The average Bonchev–Trinajstić information content (AvgIpc) is 2.49. The molecular weight excluding hydrogens is 266 g/mol. The van der Waals surface area contributed by atoms with Crippen molar-refractivity contribution in [2.75, 3.05) is 0 Å². The third-order valence-electron chi connectivity index (χ3n) is 3.19. The molecule has 104 valence electrons. The van der Waals surface area contributed by atoms with Crippen molar-refractivity contribution in [1.29, 1.82) is 0 Å². The van der Waals surface area contributed by atoms with E-state index in [1.807, 2.05) is 19.1 Å². The number of nitrogens with zero attached hydrogens (tertiary/aromatic N) is 1. The molecule has 2 aromatic carbocycles. The van der Waals surface area contributed by atoms with Crippen LogP contribution in [0.3, 0.4) is 0 Å². The van der Waals surface area contributed by atoms with Gasteiger partial charge in [0.15, 0.2) is 0 Å². The first-order chi connectivity index (χ1) is 10.1. The highest BCUT2D eigenvalue weighted by molar-refractivity contribution is 5.78. The number of benzene rings is 2. The third kappa shape index (κ3) is 2.69. The fourth-order valence-corrected chi connectivity index (χ4v) is 2.06. The zero-order valence-corrected chi connectivity index (χ0v) is 11.4. The van der Waals surface area contributed by atoms with Gasteiger partial charge >= 0.3 is 5.63 Å². The summed E-state index contributed by atoms with van der Waals surface area (Å²) < 4.78 is 5.16. The minimum atomic E-state index is -0.401. The second-order valence-electron chi connectivity index (χ2n) is 4.74. The van der Waals surface area contributed by atoms with Gasteiger partial charge in [0.2, 0.25) is 5.89 Å². The predicted octanol–water partition coefficient (Wildman–Crippen LogP) is 3.37. The second-order valence-corrected chi connectivity index (χ2v) is 4.74. The third-order valence-corrected chi connectivity index (χ3v) is 3.19. The zero-order chi connectivity index (χ0) is 14.8. The minimum Gasteiger partial charge on any atom is -0.508 e. The molecule has 3 aromatic rings. The van der Waals surface area contributed by atoms with Gasteiger partial charge < -0.3 is 9.52 Å². The quantitative estimate of drug-likeness (QED) is 0.781. The lowest BCUT2D eigenvalue weighted by Crippen LogP contribution is -2.02. The predicted molar refractivity (Wildman–Crippen MR) is 82.1 cm³/mol. The van der Waals surface area contributed by atoms with Crippen molar-refractivity contribution >= 4 is 23.1 Å². The number of phenolic OH excluding ortho intramolecular Hbond substituents is 1. The molecular formula is C17H13NO3. The number of hydrogen-bond donors (Lipinski definition) is 1. The maximum absolute atomic E-state index is 11.8. The van der Waals surface area contributed by atoms with Crippen LogP contribution in [0.25, 0.3) is 23.1 Å². The van der Waals surface area contributed by atoms with E-state index in [9.17, 15) is 9.90 Å². The molecule has 0 fully saturated rings. The van der Waals surface area contributed by atoms with Crippen LogP contribution in [0, 0.1) is 6.92 Å². The normalized spacial score (nSPS) is 11.3. The molecule has 21 heavy (non-hydrogen) atoms. The number of aromatic nitrogens is 1. The molecule has 0 saturated carbocycles. The first-order valence-electron chi connectivity index (χ1n) is 6.51. The zero-order valence-electron chi connectivity index (χ0n) is 11.4. The van der Waals surface area contributed by atoms with Gasteiger partial charge in [-0.2, -0.15) is 0 Å². The van der Waals surface area contributed by atoms with E-state index in [0.717, 1.165) is 11.1 Å². The van der Waals surface area contributed by atoms with Gasteiger partial charge in [-0.15, -0.1) is 0 Å². The van der Waals surface area contributed by atoms with Crippen molar-refractivity contribution in [3.63, 3.8) is 0 Å².